The largest absolute Gasteiger partial charge is 0.493 e. The summed E-state index contributed by atoms with van der Waals surface area (Å²) in [5, 5.41) is 16.6. The van der Waals surface area contributed by atoms with E-state index in [4.69, 9.17) is 14.0 Å². The lowest BCUT2D eigenvalue weighted by molar-refractivity contribution is 0.264. The topological polar surface area (TPSA) is 93.2 Å². The molecule has 0 saturated heterocycles. The zero-order chi connectivity index (χ0) is 20.4. The van der Waals surface area contributed by atoms with Crippen molar-refractivity contribution < 1.29 is 18.4 Å². The Bertz CT molecular complexity index is 1070. The second-order valence-electron chi connectivity index (χ2n) is 6.66. The van der Waals surface area contributed by atoms with Crippen molar-refractivity contribution in [3.63, 3.8) is 0 Å². The summed E-state index contributed by atoms with van der Waals surface area (Å²) in [4.78, 5) is 4.18. The molecule has 2 aromatic carbocycles. The molecule has 148 valence electrons. The van der Waals surface area contributed by atoms with Crippen molar-refractivity contribution in [2.45, 2.75) is 25.8 Å². The normalized spacial score (nSPS) is 13.7. The first-order chi connectivity index (χ1) is 14.1. The number of aromatic nitrogens is 2. The lowest BCUT2D eigenvalue weighted by atomic mass is 9.97. The summed E-state index contributed by atoms with van der Waals surface area (Å²) in [6.45, 7) is 2.24. The number of anilines is 1. The van der Waals surface area contributed by atoms with Gasteiger partial charge in [0.2, 0.25) is 11.7 Å². The second kappa shape index (κ2) is 7.80. The summed E-state index contributed by atoms with van der Waals surface area (Å²) in [6.07, 6.45) is 1.26. The first-order valence-electron chi connectivity index (χ1n) is 9.19. The van der Waals surface area contributed by atoms with Gasteiger partial charge in [-0.05, 0) is 43.2 Å². The van der Waals surface area contributed by atoms with Crippen LogP contribution < -0.4 is 14.8 Å². The molecule has 1 aliphatic rings. The molecule has 0 saturated carbocycles. The van der Waals surface area contributed by atoms with Crippen LogP contribution in [0, 0.1) is 24.1 Å². The van der Waals surface area contributed by atoms with Crippen molar-refractivity contribution >= 4 is 5.69 Å². The number of benzene rings is 2. The molecule has 3 aromatic rings. The lowest BCUT2D eigenvalue weighted by Crippen LogP contribution is -2.16. The summed E-state index contributed by atoms with van der Waals surface area (Å²) in [5.74, 6) is 1.39. The highest BCUT2D eigenvalue weighted by Crippen LogP contribution is 2.40. The van der Waals surface area contributed by atoms with E-state index in [1.165, 1.54) is 13.2 Å². The minimum absolute atomic E-state index is 0.228. The van der Waals surface area contributed by atoms with Crippen LogP contribution in [0.5, 0.6) is 11.5 Å². The Morgan fingerprint density at radius 2 is 2.10 bits per heavy atom. The smallest absolute Gasteiger partial charge is 0.223 e. The molecule has 0 spiro atoms. The van der Waals surface area contributed by atoms with Crippen LogP contribution in [0.2, 0.25) is 0 Å². The van der Waals surface area contributed by atoms with Crippen molar-refractivity contribution in [1.29, 1.82) is 5.26 Å². The average molecular weight is 394 g/mol. The molecule has 4 rings (SSSR count). The van der Waals surface area contributed by atoms with E-state index in [1.54, 1.807) is 31.2 Å². The minimum atomic E-state index is -0.894. The number of methoxy groups -OCH3 is 1. The molecule has 0 fully saturated rings. The molecule has 1 atom stereocenters. The molecular formula is C21H19FN4O3. The maximum Gasteiger partial charge on any atom is 0.223 e. The van der Waals surface area contributed by atoms with Crippen molar-refractivity contribution in [2.24, 2.45) is 0 Å². The van der Waals surface area contributed by atoms with Gasteiger partial charge in [-0.25, -0.2) is 4.39 Å². The predicted octanol–water partition coefficient (Wildman–Crippen LogP) is 4.19. The van der Waals surface area contributed by atoms with E-state index in [0.717, 1.165) is 12.0 Å². The van der Waals surface area contributed by atoms with E-state index in [0.29, 0.717) is 47.5 Å². The van der Waals surface area contributed by atoms with E-state index in [-0.39, 0.29) is 5.56 Å². The Kier molecular flexibility index (Phi) is 5.04. The Morgan fingerprint density at radius 1 is 1.31 bits per heavy atom. The molecule has 8 heteroatoms. The van der Waals surface area contributed by atoms with Crippen LogP contribution in [0.1, 0.15) is 29.5 Å². The van der Waals surface area contributed by atoms with Gasteiger partial charge in [-0.15, -0.1) is 0 Å². The van der Waals surface area contributed by atoms with Gasteiger partial charge in [-0.2, -0.15) is 10.2 Å². The standard InChI is InChI=1S/C21H19FN4O3/c1-12-24-21(26-29-12)13-5-7-14(8-6-13)25-17(11-23)16-10-18(27-2)20-15(19(16)22)4-3-9-28-20/h5-8,10,17,25H,3-4,9H2,1-2H3. The highest BCUT2D eigenvalue weighted by molar-refractivity contribution is 5.61. The quantitative estimate of drug-likeness (QED) is 0.693. The first kappa shape index (κ1) is 18.7. The van der Waals surface area contributed by atoms with Gasteiger partial charge < -0.3 is 19.3 Å². The fraction of sp³-hybridized carbons (Fsp3) is 0.286. The van der Waals surface area contributed by atoms with Crippen LogP contribution in [0.25, 0.3) is 11.4 Å². The third-order valence-electron chi connectivity index (χ3n) is 4.76. The first-order valence-corrected chi connectivity index (χ1v) is 9.19. The zero-order valence-electron chi connectivity index (χ0n) is 16.0. The molecule has 2 heterocycles. The molecule has 1 unspecified atom stereocenters. The number of hydrogen-bond donors (Lipinski definition) is 1. The Morgan fingerprint density at radius 3 is 2.76 bits per heavy atom. The third kappa shape index (κ3) is 3.59. The number of nitrogens with one attached hydrogen (secondary N) is 1. The fourth-order valence-corrected chi connectivity index (χ4v) is 3.34. The molecule has 7 nitrogen and oxygen atoms in total. The Hall–Kier alpha value is -3.60. The molecule has 29 heavy (non-hydrogen) atoms. The number of ether oxygens (including phenoxy) is 2. The number of hydrogen-bond acceptors (Lipinski definition) is 7. The lowest BCUT2D eigenvalue weighted by Gasteiger charge is -2.23. The van der Waals surface area contributed by atoms with Gasteiger partial charge in [0.05, 0.1) is 19.8 Å². The second-order valence-corrected chi connectivity index (χ2v) is 6.66. The highest BCUT2D eigenvalue weighted by Gasteiger charge is 2.26. The third-order valence-corrected chi connectivity index (χ3v) is 4.76. The molecule has 0 amide bonds. The van der Waals surface area contributed by atoms with Crippen molar-refractivity contribution in [2.75, 3.05) is 19.0 Å². The zero-order valence-corrected chi connectivity index (χ0v) is 16.0. The monoisotopic (exact) mass is 394 g/mol. The van der Waals surface area contributed by atoms with Crippen LogP contribution in [0.3, 0.4) is 0 Å². The van der Waals surface area contributed by atoms with Crippen molar-refractivity contribution in [3.05, 3.63) is 53.2 Å². The number of fused-ring (bicyclic) bond motifs is 1. The molecule has 0 radical (unpaired) electrons. The van der Waals surface area contributed by atoms with Gasteiger partial charge in [-0.3, -0.25) is 0 Å². The molecule has 0 aliphatic carbocycles. The van der Waals surface area contributed by atoms with Gasteiger partial charge in [-0.1, -0.05) is 5.16 Å². The molecule has 1 N–H and O–H groups in total. The molecule has 1 aromatic heterocycles. The van der Waals surface area contributed by atoms with Crippen molar-refractivity contribution in [3.8, 4) is 29.0 Å². The number of nitriles is 1. The van der Waals surface area contributed by atoms with E-state index < -0.39 is 11.9 Å². The summed E-state index contributed by atoms with van der Waals surface area (Å²) in [5.41, 5.74) is 2.12. The van der Waals surface area contributed by atoms with Gasteiger partial charge in [0.1, 0.15) is 11.9 Å². The van der Waals surface area contributed by atoms with Gasteiger partial charge in [0.25, 0.3) is 0 Å². The number of aryl methyl sites for hydroxylation is 1. The summed E-state index contributed by atoms with van der Waals surface area (Å²) in [6, 6.07) is 9.93. The molecular weight excluding hydrogens is 375 g/mol. The van der Waals surface area contributed by atoms with Crippen LogP contribution in [0.15, 0.2) is 34.9 Å². The van der Waals surface area contributed by atoms with Crippen LogP contribution in [0.4, 0.5) is 10.1 Å². The van der Waals surface area contributed by atoms with E-state index in [2.05, 4.69) is 21.5 Å². The molecule has 1 aliphatic heterocycles. The summed E-state index contributed by atoms with van der Waals surface area (Å²) in [7, 11) is 1.50. The number of halogens is 1. The highest BCUT2D eigenvalue weighted by atomic mass is 19.1. The van der Waals surface area contributed by atoms with Gasteiger partial charge in [0.15, 0.2) is 11.5 Å². The Balaban J connectivity index is 1.62. The summed E-state index contributed by atoms with van der Waals surface area (Å²) < 4.78 is 31.1. The molecule has 0 bridgehead atoms. The van der Waals surface area contributed by atoms with Crippen molar-refractivity contribution in [1.82, 2.24) is 10.1 Å². The van der Waals surface area contributed by atoms with Crippen LogP contribution in [-0.4, -0.2) is 23.9 Å². The van der Waals surface area contributed by atoms with Gasteiger partial charge in [0, 0.05) is 29.3 Å². The maximum absolute atomic E-state index is 15.1. The van der Waals surface area contributed by atoms with Crippen LogP contribution in [-0.2, 0) is 6.42 Å². The van der Waals surface area contributed by atoms with E-state index >= 15 is 4.39 Å². The fourth-order valence-electron chi connectivity index (χ4n) is 3.34. The SMILES string of the molecule is COc1cc(C(C#N)Nc2ccc(-c3noc(C)n3)cc2)c(F)c2c1OCCC2. The minimum Gasteiger partial charge on any atom is -0.493 e. The predicted molar refractivity (Wildman–Crippen MR) is 103 cm³/mol. The van der Waals surface area contributed by atoms with Gasteiger partial charge >= 0.3 is 0 Å². The number of nitrogens with zero attached hydrogens (tertiary/aromatic N) is 3. The maximum atomic E-state index is 15.1. The Labute approximate surface area is 167 Å². The number of rotatable bonds is 5. The average Bonchev–Trinajstić information content (AvgIpc) is 3.19. The summed E-state index contributed by atoms with van der Waals surface area (Å²) >= 11 is 0. The van der Waals surface area contributed by atoms with E-state index in [1.807, 2.05) is 0 Å². The van der Waals surface area contributed by atoms with E-state index in [9.17, 15) is 5.26 Å². The van der Waals surface area contributed by atoms with Crippen LogP contribution >= 0.6 is 0 Å².